The molecule has 0 aliphatic rings. The van der Waals surface area contributed by atoms with Gasteiger partial charge in [-0.2, -0.15) is 0 Å². The number of imidazole rings is 1. The first-order chi connectivity index (χ1) is 7.99. The van der Waals surface area contributed by atoms with Gasteiger partial charge >= 0.3 is 0 Å². The largest absolute Gasteiger partial charge is 0.331 e. The van der Waals surface area contributed by atoms with Crippen molar-refractivity contribution in [2.45, 2.75) is 26.3 Å². The van der Waals surface area contributed by atoms with Gasteiger partial charge in [-0.3, -0.25) is 0 Å². The third-order valence-corrected chi connectivity index (χ3v) is 3.70. The number of hydrogen-bond donors (Lipinski definition) is 1. The predicted octanol–water partition coefficient (Wildman–Crippen LogP) is 2.86. The number of rotatable bonds is 3. The number of nitrogens with zero attached hydrogens (tertiary/aromatic N) is 2. The Morgan fingerprint density at radius 1 is 1.41 bits per heavy atom. The Bertz CT molecular complexity index is 531. The quantitative estimate of drug-likeness (QED) is 0.946. The van der Waals surface area contributed by atoms with Crippen molar-refractivity contribution in [3.63, 3.8) is 0 Å². The molecule has 0 fully saturated rings. The van der Waals surface area contributed by atoms with Crippen LogP contribution in [-0.2, 0) is 13.5 Å². The van der Waals surface area contributed by atoms with Gasteiger partial charge in [-0.15, -0.1) is 0 Å². The molecule has 0 aliphatic carbocycles. The van der Waals surface area contributed by atoms with Crippen molar-refractivity contribution in [3.05, 3.63) is 28.5 Å². The highest BCUT2D eigenvalue weighted by Gasteiger charge is 2.14. The van der Waals surface area contributed by atoms with E-state index in [0.717, 1.165) is 27.8 Å². The van der Waals surface area contributed by atoms with Gasteiger partial charge in [-0.1, -0.05) is 29.8 Å². The Labute approximate surface area is 110 Å². The van der Waals surface area contributed by atoms with Crippen molar-refractivity contribution in [2.75, 3.05) is 0 Å². The summed E-state index contributed by atoms with van der Waals surface area (Å²) in [6, 6.07) is 6.32. The lowest BCUT2D eigenvalue weighted by Gasteiger charge is -2.14. The molecule has 0 amide bonds. The van der Waals surface area contributed by atoms with Crippen LogP contribution in [0.2, 0.25) is 0 Å². The van der Waals surface area contributed by atoms with Crippen LogP contribution in [0.5, 0.6) is 0 Å². The van der Waals surface area contributed by atoms with Crippen molar-refractivity contribution >= 4 is 27.0 Å². The fourth-order valence-corrected chi connectivity index (χ4v) is 2.20. The summed E-state index contributed by atoms with van der Waals surface area (Å²) >= 11 is 3.47. The Morgan fingerprint density at radius 3 is 2.76 bits per heavy atom. The smallest absolute Gasteiger partial charge is 0.111 e. The maximum atomic E-state index is 6.11. The molecular weight excluding hydrogens is 278 g/mol. The zero-order valence-electron chi connectivity index (χ0n) is 10.4. The molecule has 0 spiro atoms. The van der Waals surface area contributed by atoms with Crippen LogP contribution >= 0.6 is 15.9 Å². The van der Waals surface area contributed by atoms with E-state index in [-0.39, 0.29) is 6.04 Å². The highest BCUT2D eigenvalue weighted by atomic mass is 79.9. The fraction of sp³-hybridized carbons (Fsp3) is 0.462. The standard InChI is InChI=1S/C13H18BrN3/c1-8(2)10(15)7-13-16-11-6-9(14)4-5-12(11)17(13)3/h4-6,8,10H,7,15H2,1-3H3. The Morgan fingerprint density at radius 2 is 2.12 bits per heavy atom. The molecular formula is C13H18BrN3. The van der Waals surface area contributed by atoms with E-state index in [1.807, 2.05) is 19.2 Å². The van der Waals surface area contributed by atoms with Crippen molar-refractivity contribution in [2.24, 2.45) is 18.7 Å². The van der Waals surface area contributed by atoms with Crippen LogP contribution in [0.3, 0.4) is 0 Å². The molecule has 1 atom stereocenters. The summed E-state index contributed by atoms with van der Waals surface area (Å²) in [6.45, 7) is 4.29. The van der Waals surface area contributed by atoms with E-state index in [9.17, 15) is 0 Å². The Hall–Kier alpha value is -0.870. The molecule has 0 bridgehead atoms. The van der Waals surface area contributed by atoms with Crippen LogP contribution in [0, 0.1) is 5.92 Å². The van der Waals surface area contributed by atoms with Gasteiger partial charge in [-0.05, 0) is 24.1 Å². The summed E-state index contributed by atoms with van der Waals surface area (Å²) in [5, 5.41) is 0. The maximum absolute atomic E-state index is 6.11. The van der Waals surface area contributed by atoms with E-state index in [4.69, 9.17) is 5.73 Å². The van der Waals surface area contributed by atoms with Gasteiger partial charge in [0.05, 0.1) is 11.0 Å². The van der Waals surface area contributed by atoms with Crippen molar-refractivity contribution < 1.29 is 0 Å². The number of fused-ring (bicyclic) bond motifs is 1. The van der Waals surface area contributed by atoms with Gasteiger partial charge in [0.25, 0.3) is 0 Å². The molecule has 3 nitrogen and oxygen atoms in total. The second-order valence-electron chi connectivity index (χ2n) is 4.83. The molecule has 17 heavy (non-hydrogen) atoms. The molecule has 2 N–H and O–H groups in total. The zero-order valence-corrected chi connectivity index (χ0v) is 12.0. The summed E-state index contributed by atoms with van der Waals surface area (Å²) in [5.74, 6) is 1.53. The average Bonchev–Trinajstić information content (AvgIpc) is 2.55. The lowest BCUT2D eigenvalue weighted by atomic mass is 10.0. The van der Waals surface area contributed by atoms with E-state index < -0.39 is 0 Å². The number of benzene rings is 1. The van der Waals surface area contributed by atoms with Gasteiger partial charge in [0.1, 0.15) is 5.82 Å². The molecule has 2 rings (SSSR count). The normalized spacial score (nSPS) is 13.5. The number of hydrogen-bond acceptors (Lipinski definition) is 2. The van der Waals surface area contributed by atoms with Crippen molar-refractivity contribution in [1.29, 1.82) is 0 Å². The van der Waals surface area contributed by atoms with Crippen LogP contribution in [-0.4, -0.2) is 15.6 Å². The summed E-state index contributed by atoms with van der Waals surface area (Å²) in [5.41, 5.74) is 8.28. The third kappa shape index (κ3) is 2.53. The molecule has 1 unspecified atom stereocenters. The van der Waals surface area contributed by atoms with E-state index in [1.165, 1.54) is 0 Å². The average molecular weight is 296 g/mol. The van der Waals surface area contributed by atoms with E-state index in [0.29, 0.717) is 5.92 Å². The molecule has 0 radical (unpaired) electrons. The van der Waals surface area contributed by atoms with Gasteiger partial charge < -0.3 is 10.3 Å². The van der Waals surface area contributed by atoms with Gasteiger partial charge in [0, 0.05) is 24.0 Å². The number of aromatic nitrogens is 2. The summed E-state index contributed by atoms with van der Waals surface area (Å²) in [4.78, 5) is 4.65. The van der Waals surface area contributed by atoms with Gasteiger partial charge in [-0.25, -0.2) is 4.98 Å². The molecule has 2 aromatic rings. The molecule has 0 saturated heterocycles. The van der Waals surface area contributed by atoms with Crippen LogP contribution in [0.1, 0.15) is 19.7 Å². The molecule has 1 aromatic heterocycles. The highest BCUT2D eigenvalue weighted by molar-refractivity contribution is 9.10. The second kappa shape index (κ2) is 4.78. The SMILES string of the molecule is CC(C)C(N)Cc1nc2cc(Br)ccc2n1C. The van der Waals surface area contributed by atoms with Gasteiger partial charge in [0.15, 0.2) is 0 Å². The number of aryl methyl sites for hydroxylation is 1. The minimum Gasteiger partial charge on any atom is -0.331 e. The highest BCUT2D eigenvalue weighted by Crippen LogP contribution is 2.21. The minimum atomic E-state index is 0.161. The first-order valence-electron chi connectivity index (χ1n) is 5.85. The van der Waals surface area contributed by atoms with Crippen LogP contribution in [0.15, 0.2) is 22.7 Å². The molecule has 4 heteroatoms. The number of nitrogens with two attached hydrogens (primary N) is 1. The zero-order chi connectivity index (χ0) is 12.6. The first kappa shape index (κ1) is 12.6. The summed E-state index contributed by atoms with van der Waals surface area (Å²) < 4.78 is 3.19. The lowest BCUT2D eigenvalue weighted by molar-refractivity contribution is 0.477. The van der Waals surface area contributed by atoms with Crippen molar-refractivity contribution in [3.8, 4) is 0 Å². The molecule has 1 heterocycles. The fourth-order valence-electron chi connectivity index (χ4n) is 1.85. The third-order valence-electron chi connectivity index (χ3n) is 3.21. The van der Waals surface area contributed by atoms with Crippen molar-refractivity contribution in [1.82, 2.24) is 9.55 Å². The predicted molar refractivity (Wildman–Crippen MR) is 74.9 cm³/mol. The second-order valence-corrected chi connectivity index (χ2v) is 5.75. The summed E-state index contributed by atoms with van der Waals surface area (Å²) in [7, 11) is 2.05. The van der Waals surface area contributed by atoms with E-state index >= 15 is 0 Å². The molecule has 1 aromatic carbocycles. The topological polar surface area (TPSA) is 43.8 Å². The maximum Gasteiger partial charge on any atom is 0.111 e. The van der Waals surface area contributed by atoms with Crippen LogP contribution in [0.4, 0.5) is 0 Å². The molecule has 0 aliphatic heterocycles. The van der Waals surface area contributed by atoms with Crippen LogP contribution in [0.25, 0.3) is 11.0 Å². The first-order valence-corrected chi connectivity index (χ1v) is 6.64. The Balaban J connectivity index is 2.38. The Kier molecular flexibility index (Phi) is 3.54. The molecule has 92 valence electrons. The number of halogens is 1. The monoisotopic (exact) mass is 295 g/mol. The summed E-state index contributed by atoms with van der Waals surface area (Å²) in [6.07, 6.45) is 0.820. The van der Waals surface area contributed by atoms with Crippen LogP contribution < -0.4 is 5.73 Å². The van der Waals surface area contributed by atoms with Gasteiger partial charge in [0.2, 0.25) is 0 Å². The molecule has 0 saturated carbocycles. The lowest BCUT2D eigenvalue weighted by Crippen LogP contribution is -2.29. The van der Waals surface area contributed by atoms with E-state index in [1.54, 1.807) is 0 Å². The minimum absolute atomic E-state index is 0.161. The van der Waals surface area contributed by atoms with E-state index in [2.05, 4.69) is 45.4 Å².